The van der Waals surface area contributed by atoms with Crippen molar-refractivity contribution in [2.45, 2.75) is 12.5 Å². The number of benzene rings is 1. The van der Waals surface area contributed by atoms with Crippen molar-refractivity contribution in [2.24, 2.45) is 0 Å². The molecule has 0 spiro atoms. The lowest BCUT2D eigenvalue weighted by molar-refractivity contribution is -0.128. The second-order valence-corrected chi connectivity index (χ2v) is 4.98. The van der Waals surface area contributed by atoms with Crippen molar-refractivity contribution in [2.75, 3.05) is 19.3 Å². The number of likely N-dealkylation sites (N-methyl/N-ethyl adjacent to an activating group) is 1. The fourth-order valence-electron chi connectivity index (χ4n) is 2.36. The van der Waals surface area contributed by atoms with Crippen LogP contribution in [0.5, 0.6) is 0 Å². The summed E-state index contributed by atoms with van der Waals surface area (Å²) in [6.45, 7) is 0.653. The van der Waals surface area contributed by atoms with Crippen LogP contribution in [0.15, 0.2) is 28.7 Å². The molecule has 1 unspecified atom stereocenters. The van der Waals surface area contributed by atoms with E-state index in [0.29, 0.717) is 24.2 Å². The van der Waals surface area contributed by atoms with E-state index in [9.17, 15) is 9.59 Å². The van der Waals surface area contributed by atoms with Crippen LogP contribution in [0.2, 0.25) is 0 Å². The third kappa shape index (κ3) is 2.09. The van der Waals surface area contributed by atoms with Crippen molar-refractivity contribution in [3.63, 3.8) is 0 Å². The zero-order valence-electron chi connectivity index (χ0n) is 11.1. The van der Waals surface area contributed by atoms with Crippen molar-refractivity contribution in [1.82, 2.24) is 10.2 Å². The van der Waals surface area contributed by atoms with Crippen LogP contribution in [-0.4, -0.2) is 36.3 Å². The number of fused-ring (bicyclic) bond motifs is 1. The fourth-order valence-corrected chi connectivity index (χ4v) is 2.36. The summed E-state index contributed by atoms with van der Waals surface area (Å²) >= 11 is 0. The number of nitrogen functional groups attached to an aromatic ring is 1. The van der Waals surface area contributed by atoms with Gasteiger partial charge in [-0.2, -0.15) is 0 Å². The number of nitrogens with zero attached hydrogens (tertiary/aromatic N) is 1. The Bertz CT molecular complexity index is 692. The summed E-state index contributed by atoms with van der Waals surface area (Å²) in [5.74, 6) is -0.264. The van der Waals surface area contributed by atoms with Crippen LogP contribution in [-0.2, 0) is 4.79 Å². The molecule has 1 aromatic carbocycles. The molecule has 2 heterocycles. The summed E-state index contributed by atoms with van der Waals surface area (Å²) in [6, 6.07) is 6.33. The first kappa shape index (κ1) is 12.5. The molecule has 3 N–H and O–H groups in total. The number of nitrogens with one attached hydrogen (secondary N) is 1. The van der Waals surface area contributed by atoms with E-state index in [1.165, 1.54) is 0 Å². The number of furan rings is 1. The van der Waals surface area contributed by atoms with Gasteiger partial charge in [-0.15, -0.1) is 0 Å². The summed E-state index contributed by atoms with van der Waals surface area (Å²) in [5, 5.41) is 3.46. The molecule has 0 radical (unpaired) electrons. The first-order chi connectivity index (χ1) is 9.54. The predicted octanol–water partition coefficient (Wildman–Crippen LogP) is 0.975. The van der Waals surface area contributed by atoms with Gasteiger partial charge in [0.15, 0.2) is 5.76 Å². The van der Waals surface area contributed by atoms with Gasteiger partial charge in [0.2, 0.25) is 5.91 Å². The van der Waals surface area contributed by atoms with Crippen molar-refractivity contribution in [3.8, 4) is 0 Å². The molecule has 2 aromatic rings. The molecule has 1 aliphatic rings. The van der Waals surface area contributed by atoms with Gasteiger partial charge < -0.3 is 20.4 Å². The fraction of sp³-hybridized carbons (Fsp3) is 0.286. The Morgan fingerprint density at radius 1 is 1.45 bits per heavy atom. The Morgan fingerprint density at radius 3 is 2.95 bits per heavy atom. The molecule has 0 bridgehead atoms. The average Bonchev–Trinajstić information content (AvgIpc) is 2.96. The van der Waals surface area contributed by atoms with Gasteiger partial charge in [0.1, 0.15) is 11.6 Å². The van der Waals surface area contributed by atoms with Crippen LogP contribution < -0.4 is 11.1 Å². The smallest absolute Gasteiger partial charge is 0.287 e. The number of likely N-dealkylation sites (tertiary alicyclic amines) is 1. The Morgan fingerprint density at radius 2 is 2.25 bits per heavy atom. The second-order valence-electron chi connectivity index (χ2n) is 4.98. The molecular formula is C14H15N3O3. The highest BCUT2D eigenvalue weighted by Crippen LogP contribution is 2.22. The van der Waals surface area contributed by atoms with Crippen LogP contribution in [0.3, 0.4) is 0 Å². The normalized spacial score (nSPS) is 18.8. The van der Waals surface area contributed by atoms with Gasteiger partial charge in [-0.25, -0.2) is 0 Å². The minimum absolute atomic E-state index is 0.0706. The molecule has 104 valence electrons. The van der Waals surface area contributed by atoms with Gasteiger partial charge in [0.25, 0.3) is 5.91 Å². The summed E-state index contributed by atoms with van der Waals surface area (Å²) in [5.41, 5.74) is 6.89. The third-order valence-corrected chi connectivity index (χ3v) is 3.50. The van der Waals surface area contributed by atoms with E-state index in [0.717, 1.165) is 5.39 Å². The molecule has 1 saturated heterocycles. The van der Waals surface area contributed by atoms with E-state index in [1.54, 1.807) is 36.2 Å². The lowest BCUT2D eigenvalue weighted by Gasteiger charge is -2.10. The maximum atomic E-state index is 12.1. The van der Waals surface area contributed by atoms with Gasteiger partial charge in [0.05, 0.1) is 0 Å². The Kier molecular flexibility index (Phi) is 2.85. The van der Waals surface area contributed by atoms with Gasteiger partial charge in [0, 0.05) is 24.7 Å². The second kappa shape index (κ2) is 4.56. The quantitative estimate of drug-likeness (QED) is 0.798. The number of carbonyl (C=O) groups excluding carboxylic acids is 2. The molecular weight excluding hydrogens is 258 g/mol. The molecule has 3 rings (SSSR count). The molecule has 0 saturated carbocycles. The number of rotatable bonds is 2. The first-order valence-corrected chi connectivity index (χ1v) is 6.39. The molecule has 1 fully saturated rings. The van der Waals surface area contributed by atoms with Gasteiger partial charge >= 0.3 is 0 Å². The number of carbonyl (C=O) groups is 2. The zero-order valence-corrected chi connectivity index (χ0v) is 11.1. The molecule has 1 atom stereocenters. The molecule has 1 aromatic heterocycles. The maximum absolute atomic E-state index is 12.1. The largest absolute Gasteiger partial charge is 0.451 e. The van der Waals surface area contributed by atoms with Gasteiger partial charge in [-0.1, -0.05) is 0 Å². The number of hydrogen-bond acceptors (Lipinski definition) is 4. The van der Waals surface area contributed by atoms with E-state index in [4.69, 9.17) is 10.2 Å². The summed E-state index contributed by atoms with van der Waals surface area (Å²) in [6.07, 6.45) is 0.619. The Hall–Kier alpha value is -2.50. The van der Waals surface area contributed by atoms with Crippen molar-refractivity contribution in [3.05, 3.63) is 30.0 Å². The van der Waals surface area contributed by atoms with Crippen LogP contribution in [0.25, 0.3) is 11.0 Å². The number of hydrogen-bond donors (Lipinski definition) is 2. The van der Waals surface area contributed by atoms with Crippen molar-refractivity contribution < 1.29 is 14.0 Å². The van der Waals surface area contributed by atoms with E-state index >= 15 is 0 Å². The van der Waals surface area contributed by atoms with E-state index in [-0.39, 0.29) is 17.6 Å². The molecule has 6 heteroatoms. The zero-order chi connectivity index (χ0) is 14.3. The van der Waals surface area contributed by atoms with Gasteiger partial charge in [-0.3, -0.25) is 9.59 Å². The highest BCUT2D eigenvalue weighted by Gasteiger charge is 2.31. The molecule has 20 heavy (non-hydrogen) atoms. The SMILES string of the molecule is CN1CCC(NC(=O)c2cc3cc(N)ccc3o2)C1=O. The van der Waals surface area contributed by atoms with Gasteiger partial charge in [-0.05, 0) is 30.7 Å². The minimum Gasteiger partial charge on any atom is -0.451 e. The molecule has 6 nitrogen and oxygen atoms in total. The highest BCUT2D eigenvalue weighted by molar-refractivity contribution is 5.99. The minimum atomic E-state index is -0.467. The summed E-state index contributed by atoms with van der Waals surface area (Å²) in [7, 11) is 1.72. The average molecular weight is 273 g/mol. The van der Waals surface area contributed by atoms with Crippen molar-refractivity contribution in [1.29, 1.82) is 0 Å². The van der Waals surface area contributed by atoms with Crippen molar-refractivity contribution >= 4 is 28.5 Å². The Balaban J connectivity index is 1.80. The first-order valence-electron chi connectivity index (χ1n) is 6.39. The number of amides is 2. The Labute approximate surface area is 115 Å². The topological polar surface area (TPSA) is 88.6 Å². The standard InChI is InChI=1S/C14H15N3O3/c1-17-5-4-10(14(17)19)16-13(18)12-7-8-6-9(15)2-3-11(8)20-12/h2-3,6-7,10H,4-5,15H2,1H3,(H,16,18). The lowest BCUT2D eigenvalue weighted by atomic mass is 10.2. The van der Waals surface area contributed by atoms with Crippen LogP contribution in [0.1, 0.15) is 17.0 Å². The van der Waals surface area contributed by atoms with E-state index in [1.807, 2.05) is 0 Å². The van der Waals surface area contributed by atoms with E-state index < -0.39 is 6.04 Å². The van der Waals surface area contributed by atoms with Crippen LogP contribution >= 0.6 is 0 Å². The third-order valence-electron chi connectivity index (χ3n) is 3.50. The lowest BCUT2D eigenvalue weighted by Crippen LogP contribution is -2.40. The van der Waals surface area contributed by atoms with Crippen LogP contribution in [0.4, 0.5) is 5.69 Å². The molecule has 1 aliphatic heterocycles. The van der Waals surface area contributed by atoms with E-state index in [2.05, 4.69) is 5.32 Å². The highest BCUT2D eigenvalue weighted by atomic mass is 16.3. The summed E-state index contributed by atoms with van der Waals surface area (Å²) < 4.78 is 5.46. The monoisotopic (exact) mass is 273 g/mol. The predicted molar refractivity (Wildman–Crippen MR) is 74.1 cm³/mol. The molecule has 0 aliphatic carbocycles. The van der Waals surface area contributed by atoms with Crippen LogP contribution in [0, 0.1) is 0 Å². The molecule has 2 amide bonds. The maximum Gasteiger partial charge on any atom is 0.287 e. The number of nitrogens with two attached hydrogens (primary N) is 1. The summed E-state index contributed by atoms with van der Waals surface area (Å²) in [4.78, 5) is 25.5. The number of anilines is 1.